The third-order valence-electron chi connectivity index (χ3n) is 2.19. The zero-order valence-electron chi connectivity index (χ0n) is 10.0. The van der Waals surface area contributed by atoms with Gasteiger partial charge in [-0.25, -0.2) is 0 Å². The molecule has 16 heavy (non-hydrogen) atoms. The zero-order valence-corrected chi connectivity index (χ0v) is 10.8. The molecule has 0 fully saturated rings. The fourth-order valence-electron chi connectivity index (χ4n) is 1.39. The Morgan fingerprint density at radius 1 is 1.44 bits per heavy atom. The molecule has 0 aromatic heterocycles. The molecule has 0 aliphatic heterocycles. The first-order chi connectivity index (χ1) is 7.67. The molecule has 1 rings (SSSR count). The Bertz CT molecular complexity index is 350. The average Bonchev–Trinajstić information content (AvgIpc) is 2.26. The second-order valence-corrected chi connectivity index (χ2v) is 4.86. The van der Waals surface area contributed by atoms with Crippen molar-refractivity contribution in [3.05, 3.63) is 29.8 Å². The first-order valence-corrected chi connectivity index (χ1v) is 6.45. The predicted octanol–water partition coefficient (Wildman–Crippen LogP) is 3.43. The summed E-state index contributed by atoms with van der Waals surface area (Å²) in [5.41, 5.74) is 1.21. The summed E-state index contributed by atoms with van der Waals surface area (Å²) < 4.78 is 5.04. The Morgan fingerprint density at radius 3 is 2.75 bits per heavy atom. The van der Waals surface area contributed by atoms with Gasteiger partial charge in [0.1, 0.15) is 5.25 Å². The molecule has 0 bridgehead atoms. The number of hydrogen-bond acceptors (Lipinski definition) is 3. The maximum Gasteiger partial charge on any atom is 0.319 e. The Labute approximate surface area is 101 Å². The van der Waals surface area contributed by atoms with Gasteiger partial charge in [-0.05, 0) is 32.4 Å². The number of rotatable bonds is 5. The Kier molecular flexibility index (Phi) is 5.39. The standard InChI is InChI=1S/C13H18O2S/c1-4-12(13(14)15-5-2)16-11-8-6-7-10(3)9-11/h6-9,12H,4-5H2,1-3H3. The highest BCUT2D eigenvalue weighted by molar-refractivity contribution is 8.00. The Hall–Kier alpha value is -0.960. The summed E-state index contributed by atoms with van der Waals surface area (Å²) >= 11 is 1.58. The van der Waals surface area contributed by atoms with Gasteiger partial charge in [-0.1, -0.05) is 24.6 Å². The Morgan fingerprint density at radius 2 is 2.19 bits per heavy atom. The molecule has 1 aromatic rings. The van der Waals surface area contributed by atoms with Crippen LogP contribution in [-0.2, 0) is 9.53 Å². The van der Waals surface area contributed by atoms with E-state index in [0.717, 1.165) is 11.3 Å². The van der Waals surface area contributed by atoms with Crippen LogP contribution in [0, 0.1) is 6.92 Å². The number of benzene rings is 1. The van der Waals surface area contributed by atoms with Crippen LogP contribution in [-0.4, -0.2) is 17.8 Å². The first kappa shape index (κ1) is 13.1. The van der Waals surface area contributed by atoms with Crippen molar-refractivity contribution in [3.63, 3.8) is 0 Å². The summed E-state index contributed by atoms with van der Waals surface area (Å²) in [4.78, 5) is 12.7. The molecule has 0 spiro atoms. The van der Waals surface area contributed by atoms with Crippen LogP contribution in [0.15, 0.2) is 29.2 Å². The summed E-state index contributed by atoms with van der Waals surface area (Å²) in [6.45, 7) is 6.34. The summed E-state index contributed by atoms with van der Waals surface area (Å²) in [5, 5.41) is -0.0956. The molecule has 3 heteroatoms. The number of carbonyl (C=O) groups is 1. The number of hydrogen-bond donors (Lipinski definition) is 0. The quantitative estimate of drug-likeness (QED) is 0.580. The highest BCUT2D eigenvalue weighted by atomic mass is 32.2. The number of carbonyl (C=O) groups excluding carboxylic acids is 1. The number of esters is 1. The molecule has 0 heterocycles. The topological polar surface area (TPSA) is 26.3 Å². The molecular formula is C13H18O2S. The van der Waals surface area contributed by atoms with Crippen LogP contribution in [0.3, 0.4) is 0 Å². The lowest BCUT2D eigenvalue weighted by Crippen LogP contribution is -2.19. The number of ether oxygens (including phenoxy) is 1. The van der Waals surface area contributed by atoms with Gasteiger partial charge in [-0.15, -0.1) is 11.8 Å². The van der Waals surface area contributed by atoms with Crippen molar-refractivity contribution in [3.8, 4) is 0 Å². The van der Waals surface area contributed by atoms with Crippen LogP contribution < -0.4 is 0 Å². The maximum atomic E-state index is 11.6. The van der Waals surface area contributed by atoms with E-state index in [1.54, 1.807) is 11.8 Å². The predicted molar refractivity (Wildman–Crippen MR) is 67.7 cm³/mol. The molecule has 1 unspecified atom stereocenters. The minimum Gasteiger partial charge on any atom is -0.465 e. The monoisotopic (exact) mass is 238 g/mol. The van der Waals surface area contributed by atoms with E-state index in [4.69, 9.17) is 4.74 Å². The van der Waals surface area contributed by atoms with E-state index >= 15 is 0 Å². The lowest BCUT2D eigenvalue weighted by atomic mass is 10.2. The molecule has 0 radical (unpaired) electrons. The molecule has 1 aromatic carbocycles. The number of thioether (sulfide) groups is 1. The minimum atomic E-state index is -0.114. The highest BCUT2D eigenvalue weighted by Gasteiger charge is 2.18. The van der Waals surface area contributed by atoms with Gasteiger partial charge in [0, 0.05) is 4.90 Å². The molecule has 1 atom stereocenters. The van der Waals surface area contributed by atoms with Gasteiger partial charge in [0.2, 0.25) is 0 Å². The van der Waals surface area contributed by atoms with E-state index in [2.05, 4.69) is 19.1 Å². The molecule has 0 saturated carbocycles. The minimum absolute atomic E-state index is 0.0956. The van der Waals surface area contributed by atoms with Crippen LogP contribution in [0.25, 0.3) is 0 Å². The van der Waals surface area contributed by atoms with Gasteiger partial charge < -0.3 is 4.74 Å². The second-order valence-electron chi connectivity index (χ2n) is 3.58. The summed E-state index contributed by atoms with van der Waals surface area (Å²) in [5.74, 6) is -0.114. The lowest BCUT2D eigenvalue weighted by Gasteiger charge is -2.13. The second kappa shape index (κ2) is 6.59. The maximum absolute atomic E-state index is 11.6. The molecule has 0 saturated heterocycles. The van der Waals surface area contributed by atoms with Crippen molar-refractivity contribution < 1.29 is 9.53 Å². The van der Waals surface area contributed by atoms with E-state index in [1.807, 2.05) is 26.0 Å². The van der Waals surface area contributed by atoms with E-state index in [-0.39, 0.29) is 11.2 Å². The molecule has 0 amide bonds. The molecule has 0 N–H and O–H groups in total. The van der Waals surface area contributed by atoms with Gasteiger partial charge >= 0.3 is 5.97 Å². The summed E-state index contributed by atoms with van der Waals surface area (Å²) in [6, 6.07) is 8.18. The van der Waals surface area contributed by atoms with E-state index in [1.165, 1.54) is 5.56 Å². The normalized spacial score (nSPS) is 12.2. The molecule has 0 aliphatic rings. The third kappa shape index (κ3) is 3.89. The van der Waals surface area contributed by atoms with Crippen LogP contribution in [0.4, 0.5) is 0 Å². The van der Waals surface area contributed by atoms with E-state index < -0.39 is 0 Å². The van der Waals surface area contributed by atoms with Crippen molar-refractivity contribution in [1.82, 2.24) is 0 Å². The largest absolute Gasteiger partial charge is 0.465 e. The van der Waals surface area contributed by atoms with Crippen LogP contribution in [0.5, 0.6) is 0 Å². The van der Waals surface area contributed by atoms with Crippen LogP contribution in [0.2, 0.25) is 0 Å². The van der Waals surface area contributed by atoms with E-state index in [9.17, 15) is 4.79 Å². The van der Waals surface area contributed by atoms with Crippen molar-refractivity contribution in [2.24, 2.45) is 0 Å². The van der Waals surface area contributed by atoms with Gasteiger partial charge in [-0.3, -0.25) is 4.79 Å². The van der Waals surface area contributed by atoms with Crippen LogP contribution >= 0.6 is 11.8 Å². The fourth-order valence-corrected chi connectivity index (χ4v) is 2.46. The summed E-state index contributed by atoms with van der Waals surface area (Å²) in [7, 11) is 0. The number of aryl methyl sites for hydroxylation is 1. The SMILES string of the molecule is CCOC(=O)C(CC)Sc1cccc(C)c1. The molecule has 2 nitrogen and oxygen atoms in total. The van der Waals surface area contributed by atoms with Crippen LogP contribution in [0.1, 0.15) is 25.8 Å². The highest BCUT2D eigenvalue weighted by Crippen LogP contribution is 2.26. The van der Waals surface area contributed by atoms with Crippen molar-refractivity contribution in [1.29, 1.82) is 0 Å². The van der Waals surface area contributed by atoms with Gasteiger partial charge in [0.15, 0.2) is 0 Å². The Balaban J connectivity index is 2.66. The summed E-state index contributed by atoms with van der Waals surface area (Å²) in [6.07, 6.45) is 0.789. The third-order valence-corrected chi connectivity index (χ3v) is 3.52. The first-order valence-electron chi connectivity index (χ1n) is 5.57. The van der Waals surface area contributed by atoms with Gasteiger partial charge in [-0.2, -0.15) is 0 Å². The smallest absolute Gasteiger partial charge is 0.319 e. The zero-order chi connectivity index (χ0) is 12.0. The molecular weight excluding hydrogens is 220 g/mol. The van der Waals surface area contributed by atoms with Crippen molar-refractivity contribution >= 4 is 17.7 Å². The average molecular weight is 238 g/mol. The van der Waals surface area contributed by atoms with E-state index in [0.29, 0.717) is 6.61 Å². The fraction of sp³-hybridized carbons (Fsp3) is 0.462. The van der Waals surface area contributed by atoms with Crippen molar-refractivity contribution in [2.45, 2.75) is 37.3 Å². The molecule has 88 valence electrons. The van der Waals surface area contributed by atoms with Gasteiger partial charge in [0.25, 0.3) is 0 Å². The lowest BCUT2D eigenvalue weighted by molar-refractivity contribution is -0.142. The molecule has 0 aliphatic carbocycles. The van der Waals surface area contributed by atoms with Gasteiger partial charge in [0.05, 0.1) is 6.61 Å². The van der Waals surface area contributed by atoms with Crippen molar-refractivity contribution in [2.75, 3.05) is 6.61 Å².